The monoisotopic (exact) mass is 243 g/mol. The molecular formula is C11H14ClNO3. The van der Waals surface area contributed by atoms with Crippen molar-refractivity contribution < 1.29 is 14.6 Å². The maximum Gasteiger partial charge on any atom is 0.305 e. The molecule has 1 aromatic carbocycles. The van der Waals surface area contributed by atoms with Gasteiger partial charge in [-0.1, -0.05) is 11.6 Å². The summed E-state index contributed by atoms with van der Waals surface area (Å²) >= 11 is 5.97. The van der Waals surface area contributed by atoms with Gasteiger partial charge in [0.2, 0.25) is 0 Å². The molecule has 0 aliphatic heterocycles. The van der Waals surface area contributed by atoms with E-state index >= 15 is 0 Å². The van der Waals surface area contributed by atoms with Gasteiger partial charge in [0.15, 0.2) is 0 Å². The Bertz CT molecular complexity index is 381. The first kappa shape index (κ1) is 12.6. The van der Waals surface area contributed by atoms with Gasteiger partial charge in [0.05, 0.1) is 18.6 Å². The first-order valence-corrected chi connectivity index (χ1v) is 5.19. The smallest absolute Gasteiger partial charge is 0.305 e. The number of hydrogen-bond donors (Lipinski definition) is 1. The molecule has 1 rings (SSSR count). The highest BCUT2D eigenvalue weighted by atomic mass is 35.5. The number of rotatable bonds is 5. The molecule has 1 aromatic rings. The van der Waals surface area contributed by atoms with Crippen molar-refractivity contribution in [3.63, 3.8) is 0 Å². The fourth-order valence-electron chi connectivity index (χ4n) is 1.29. The van der Waals surface area contributed by atoms with Crippen molar-refractivity contribution in [2.24, 2.45) is 0 Å². The minimum atomic E-state index is -0.813. The molecule has 0 bridgehead atoms. The molecule has 16 heavy (non-hydrogen) atoms. The summed E-state index contributed by atoms with van der Waals surface area (Å²) in [6.07, 6.45) is 0.0974. The van der Waals surface area contributed by atoms with E-state index in [9.17, 15) is 4.79 Å². The normalized spacial score (nSPS) is 9.94. The van der Waals surface area contributed by atoms with Gasteiger partial charge in [-0.15, -0.1) is 0 Å². The fourth-order valence-corrected chi connectivity index (χ4v) is 1.54. The molecule has 1 N–H and O–H groups in total. The number of hydrogen-bond acceptors (Lipinski definition) is 3. The highest BCUT2D eigenvalue weighted by Crippen LogP contribution is 2.28. The minimum Gasteiger partial charge on any atom is -0.495 e. The summed E-state index contributed by atoms with van der Waals surface area (Å²) in [5, 5.41) is 9.09. The molecule has 0 atom stereocenters. The molecule has 5 heteroatoms. The zero-order valence-electron chi connectivity index (χ0n) is 9.24. The number of ether oxygens (including phenoxy) is 1. The fraction of sp³-hybridized carbons (Fsp3) is 0.364. The Morgan fingerprint density at radius 1 is 1.56 bits per heavy atom. The Labute approximate surface area is 99.4 Å². The number of halogens is 1. The number of aliphatic carboxylic acids is 1. The summed E-state index contributed by atoms with van der Waals surface area (Å²) in [4.78, 5) is 12.3. The van der Waals surface area contributed by atoms with Crippen LogP contribution in [0.4, 0.5) is 5.69 Å². The first-order chi connectivity index (χ1) is 7.54. The molecular weight excluding hydrogens is 230 g/mol. The number of nitrogens with zero attached hydrogens (tertiary/aromatic N) is 1. The van der Waals surface area contributed by atoms with Gasteiger partial charge in [0.25, 0.3) is 0 Å². The third-order valence-corrected chi connectivity index (χ3v) is 2.53. The minimum absolute atomic E-state index is 0.0974. The topological polar surface area (TPSA) is 49.8 Å². The van der Waals surface area contributed by atoms with Crippen LogP contribution in [0.3, 0.4) is 0 Å². The van der Waals surface area contributed by atoms with Crippen LogP contribution >= 0.6 is 11.6 Å². The zero-order chi connectivity index (χ0) is 12.1. The predicted molar refractivity (Wildman–Crippen MR) is 63.5 cm³/mol. The second-order valence-corrected chi connectivity index (χ2v) is 3.79. The number of carboxylic acid groups (broad SMARTS) is 1. The Hall–Kier alpha value is -1.42. The van der Waals surface area contributed by atoms with Crippen LogP contribution in [0.25, 0.3) is 0 Å². The molecule has 0 spiro atoms. The molecule has 0 radical (unpaired) electrons. The Morgan fingerprint density at radius 2 is 2.25 bits per heavy atom. The highest BCUT2D eigenvalue weighted by Gasteiger charge is 2.07. The van der Waals surface area contributed by atoms with E-state index in [1.54, 1.807) is 19.2 Å². The lowest BCUT2D eigenvalue weighted by Crippen LogP contribution is -2.20. The third-order valence-electron chi connectivity index (χ3n) is 2.24. The number of carbonyl (C=O) groups is 1. The van der Waals surface area contributed by atoms with Gasteiger partial charge in [-0.3, -0.25) is 4.79 Å². The van der Waals surface area contributed by atoms with Crippen molar-refractivity contribution >= 4 is 23.3 Å². The Morgan fingerprint density at radius 3 is 2.75 bits per heavy atom. The molecule has 0 saturated heterocycles. The van der Waals surface area contributed by atoms with Crippen LogP contribution < -0.4 is 9.64 Å². The average molecular weight is 244 g/mol. The maximum atomic E-state index is 10.4. The lowest BCUT2D eigenvalue weighted by atomic mass is 10.2. The van der Waals surface area contributed by atoms with E-state index in [4.69, 9.17) is 21.4 Å². The van der Waals surface area contributed by atoms with Crippen LogP contribution in [0.5, 0.6) is 5.75 Å². The molecule has 0 amide bonds. The Kier molecular flexibility index (Phi) is 4.43. The van der Waals surface area contributed by atoms with Crippen LogP contribution in [-0.2, 0) is 4.79 Å². The van der Waals surface area contributed by atoms with Crippen LogP contribution in [0.15, 0.2) is 18.2 Å². The molecule has 88 valence electrons. The molecule has 0 aliphatic carbocycles. The zero-order valence-corrected chi connectivity index (χ0v) is 9.99. The van der Waals surface area contributed by atoms with E-state index in [-0.39, 0.29) is 6.42 Å². The van der Waals surface area contributed by atoms with Crippen molar-refractivity contribution in [2.75, 3.05) is 25.6 Å². The van der Waals surface area contributed by atoms with Crippen LogP contribution in [0.2, 0.25) is 5.02 Å². The summed E-state index contributed by atoms with van der Waals surface area (Å²) in [7, 11) is 3.37. The summed E-state index contributed by atoms with van der Waals surface area (Å²) < 4.78 is 5.03. The van der Waals surface area contributed by atoms with E-state index in [1.165, 1.54) is 0 Å². The van der Waals surface area contributed by atoms with E-state index in [0.29, 0.717) is 17.3 Å². The Balaban J connectivity index is 2.72. The number of anilines is 1. The van der Waals surface area contributed by atoms with Crippen molar-refractivity contribution in [2.45, 2.75) is 6.42 Å². The molecule has 0 saturated carbocycles. The van der Waals surface area contributed by atoms with Crippen LogP contribution in [0, 0.1) is 0 Å². The maximum absolute atomic E-state index is 10.4. The quantitative estimate of drug-likeness (QED) is 0.862. The van der Waals surface area contributed by atoms with Gasteiger partial charge in [-0.25, -0.2) is 0 Å². The second-order valence-electron chi connectivity index (χ2n) is 3.38. The lowest BCUT2D eigenvalue weighted by Gasteiger charge is -2.19. The number of carboxylic acids is 1. The van der Waals surface area contributed by atoms with Gasteiger partial charge >= 0.3 is 5.97 Å². The van der Waals surface area contributed by atoms with Gasteiger partial charge < -0.3 is 14.7 Å². The summed E-state index contributed by atoms with van der Waals surface area (Å²) in [6, 6.07) is 5.35. The van der Waals surface area contributed by atoms with Crippen molar-refractivity contribution in [3.8, 4) is 5.75 Å². The third kappa shape index (κ3) is 3.31. The van der Waals surface area contributed by atoms with E-state index < -0.39 is 5.97 Å². The van der Waals surface area contributed by atoms with Gasteiger partial charge in [0.1, 0.15) is 5.75 Å². The second kappa shape index (κ2) is 5.61. The van der Waals surface area contributed by atoms with Crippen molar-refractivity contribution in [1.82, 2.24) is 0 Å². The van der Waals surface area contributed by atoms with Crippen LogP contribution in [-0.4, -0.2) is 31.8 Å². The number of benzene rings is 1. The lowest BCUT2D eigenvalue weighted by molar-refractivity contribution is -0.136. The van der Waals surface area contributed by atoms with Gasteiger partial charge in [-0.05, 0) is 18.2 Å². The average Bonchev–Trinajstić information content (AvgIpc) is 2.25. The van der Waals surface area contributed by atoms with E-state index in [2.05, 4.69) is 0 Å². The van der Waals surface area contributed by atoms with Crippen LogP contribution in [0.1, 0.15) is 6.42 Å². The molecule has 0 unspecified atom stereocenters. The van der Waals surface area contributed by atoms with Crippen molar-refractivity contribution in [3.05, 3.63) is 23.2 Å². The summed E-state index contributed by atoms with van der Waals surface area (Å²) in [6.45, 7) is 0.442. The van der Waals surface area contributed by atoms with Crippen molar-refractivity contribution in [1.29, 1.82) is 0 Å². The van der Waals surface area contributed by atoms with Gasteiger partial charge in [0, 0.05) is 19.3 Å². The SMILES string of the molecule is COc1ccc(N(C)CCC(=O)O)cc1Cl. The largest absolute Gasteiger partial charge is 0.495 e. The molecule has 0 fully saturated rings. The number of methoxy groups -OCH3 is 1. The summed E-state index contributed by atoms with van der Waals surface area (Å²) in [5.74, 6) is -0.205. The molecule has 0 aromatic heterocycles. The molecule has 0 heterocycles. The highest BCUT2D eigenvalue weighted by molar-refractivity contribution is 6.32. The standard InChI is InChI=1S/C11H14ClNO3/c1-13(6-5-11(14)15)8-3-4-10(16-2)9(12)7-8/h3-4,7H,5-6H2,1-2H3,(H,14,15). The first-order valence-electron chi connectivity index (χ1n) is 4.81. The summed E-state index contributed by atoms with van der Waals surface area (Å²) in [5.41, 5.74) is 0.868. The molecule has 4 nitrogen and oxygen atoms in total. The van der Waals surface area contributed by atoms with E-state index in [0.717, 1.165) is 5.69 Å². The van der Waals surface area contributed by atoms with Gasteiger partial charge in [-0.2, -0.15) is 0 Å². The van der Waals surface area contributed by atoms with E-state index in [1.807, 2.05) is 18.0 Å². The molecule has 0 aliphatic rings. The predicted octanol–water partition coefficient (Wildman–Crippen LogP) is 2.26.